The summed E-state index contributed by atoms with van der Waals surface area (Å²) >= 11 is 3.46. The lowest BCUT2D eigenvalue weighted by Crippen LogP contribution is -2.09. The molecular weight excluding hydrogens is 304 g/mol. The van der Waals surface area contributed by atoms with Gasteiger partial charge in [0.15, 0.2) is 5.78 Å². The zero-order valence-corrected chi connectivity index (χ0v) is 13.8. The van der Waals surface area contributed by atoms with Crippen molar-refractivity contribution in [2.24, 2.45) is 5.41 Å². The predicted molar refractivity (Wildman–Crippen MR) is 82.9 cm³/mol. The summed E-state index contributed by atoms with van der Waals surface area (Å²) in [5, 5.41) is 0. The van der Waals surface area contributed by atoms with Crippen LogP contribution in [0.3, 0.4) is 0 Å². The van der Waals surface area contributed by atoms with Crippen LogP contribution in [0.2, 0.25) is 0 Å². The van der Waals surface area contributed by atoms with Crippen molar-refractivity contribution in [1.82, 2.24) is 0 Å². The van der Waals surface area contributed by atoms with E-state index in [1.165, 1.54) is 0 Å². The summed E-state index contributed by atoms with van der Waals surface area (Å²) in [6.45, 7) is 9.21. The summed E-state index contributed by atoms with van der Waals surface area (Å²) in [5.74, 6) is 0.992. The highest BCUT2D eigenvalue weighted by atomic mass is 79.9. The van der Waals surface area contributed by atoms with Gasteiger partial charge in [-0.1, -0.05) is 27.7 Å². The van der Waals surface area contributed by atoms with Crippen molar-refractivity contribution in [2.75, 3.05) is 6.61 Å². The highest BCUT2D eigenvalue weighted by Crippen LogP contribution is 2.28. The number of rotatable bonds is 6. The number of ether oxygens (including phenoxy) is 1. The van der Waals surface area contributed by atoms with E-state index in [1.54, 1.807) is 0 Å². The quantitative estimate of drug-likeness (QED) is 0.667. The summed E-state index contributed by atoms with van der Waals surface area (Å²) in [7, 11) is 0. The molecule has 3 heteroatoms. The Balaban J connectivity index is 2.69. The number of hydrogen-bond donors (Lipinski definition) is 0. The fourth-order valence-corrected chi connectivity index (χ4v) is 2.13. The molecule has 0 atom stereocenters. The minimum atomic E-state index is 0.192. The zero-order chi connectivity index (χ0) is 14.5. The van der Waals surface area contributed by atoms with Crippen molar-refractivity contribution in [2.45, 2.75) is 47.0 Å². The summed E-state index contributed by atoms with van der Waals surface area (Å²) in [6, 6.07) is 5.57. The van der Waals surface area contributed by atoms with Crippen LogP contribution in [0.5, 0.6) is 5.75 Å². The number of benzene rings is 1. The van der Waals surface area contributed by atoms with Gasteiger partial charge in [-0.3, -0.25) is 4.79 Å². The van der Waals surface area contributed by atoms with Gasteiger partial charge in [0, 0.05) is 12.0 Å². The van der Waals surface area contributed by atoms with E-state index >= 15 is 0 Å². The molecule has 0 unspecified atom stereocenters. The normalized spacial score (nSPS) is 11.4. The first-order valence-electron chi connectivity index (χ1n) is 6.79. The Hall–Kier alpha value is -0.830. The van der Waals surface area contributed by atoms with Crippen molar-refractivity contribution in [3.8, 4) is 5.75 Å². The van der Waals surface area contributed by atoms with Crippen LogP contribution in [0, 0.1) is 5.41 Å². The van der Waals surface area contributed by atoms with E-state index in [2.05, 4.69) is 43.6 Å². The Bertz CT molecular complexity index is 433. The van der Waals surface area contributed by atoms with E-state index in [9.17, 15) is 4.79 Å². The van der Waals surface area contributed by atoms with Crippen molar-refractivity contribution in [3.63, 3.8) is 0 Å². The summed E-state index contributed by atoms with van der Waals surface area (Å²) < 4.78 is 6.43. The molecule has 0 aliphatic heterocycles. The molecule has 0 fully saturated rings. The molecule has 0 spiro atoms. The second kappa shape index (κ2) is 7.09. The van der Waals surface area contributed by atoms with Gasteiger partial charge in [0.2, 0.25) is 0 Å². The van der Waals surface area contributed by atoms with E-state index in [4.69, 9.17) is 4.74 Å². The molecule has 0 saturated carbocycles. The minimum absolute atomic E-state index is 0.192. The molecule has 19 heavy (non-hydrogen) atoms. The van der Waals surface area contributed by atoms with E-state index in [1.807, 2.05) is 18.2 Å². The number of hydrogen-bond acceptors (Lipinski definition) is 2. The number of Topliss-reactive ketones (excluding diaryl/α,β-unsaturated/α-hetero) is 1. The van der Waals surface area contributed by atoms with E-state index in [-0.39, 0.29) is 11.2 Å². The van der Waals surface area contributed by atoms with Crippen LogP contribution in [-0.2, 0) is 0 Å². The fraction of sp³-hybridized carbons (Fsp3) is 0.562. The van der Waals surface area contributed by atoms with Crippen molar-refractivity contribution < 1.29 is 9.53 Å². The van der Waals surface area contributed by atoms with Crippen LogP contribution in [0.4, 0.5) is 0 Å². The summed E-state index contributed by atoms with van der Waals surface area (Å²) in [4.78, 5) is 12.1. The van der Waals surface area contributed by atoms with Crippen LogP contribution in [0.25, 0.3) is 0 Å². The van der Waals surface area contributed by atoms with E-state index < -0.39 is 0 Å². The molecule has 0 bridgehead atoms. The predicted octanol–water partition coefficient (Wildman–Crippen LogP) is 5.25. The van der Waals surface area contributed by atoms with Gasteiger partial charge < -0.3 is 4.74 Å². The molecule has 106 valence electrons. The van der Waals surface area contributed by atoms with Crippen molar-refractivity contribution >= 4 is 21.7 Å². The molecule has 0 aromatic heterocycles. The lowest BCUT2D eigenvalue weighted by atomic mass is 9.88. The van der Waals surface area contributed by atoms with Gasteiger partial charge in [0.05, 0.1) is 11.1 Å². The highest BCUT2D eigenvalue weighted by Gasteiger charge is 2.15. The monoisotopic (exact) mass is 326 g/mol. The zero-order valence-electron chi connectivity index (χ0n) is 12.3. The standard InChI is InChI=1S/C16H23BrO2/c1-5-10-19-15-7-6-12(11-13(15)17)14(18)8-9-16(2,3)4/h6-7,11H,5,8-10H2,1-4H3. The van der Waals surface area contributed by atoms with Gasteiger partial charge in [-0.25, -0.2) is 0 Å². The van der Waals surface area contributed by atoms with Crippen LogP contribution >= 0.6 is 15.9 Å². The van der Waals surface area contributed by atoms with Crippen LogP contribution in [0.1, 0.15) is 57.3 Å². The summed E-state index contributed by atoms with van der Waals surface area (Å²) in [6.07, 6.45) is 2.46. The molecule has 0 aliphatic rings. The molecule has 0 heterocycles. The average molecular weight is 327 g/mol. The Kier molecular flexibility index (Phi) is 6.05. The maximum atomic E-state index is 12.1. The molecule has 1 aromatic carbocycles. The number of carbonyl (C=O) groups is 1. The third-order valence-electron chi connectivity index (χ3n) is 2.82. The summed E-state index contributed by atoms with van der Waals surface area (Å²) in [5.41, 5.74) is 0.942. The Labute approximate surface area is 124 Å². The maximum Gasteiger partial charge on any atom is 0.162 e. The molecular formula is C16H23BrO2. The van der Waals surface area contributed by atoms with E-state index in [0.29, 0.717) is 13.0 Å². The molecule has 0 N–H and O–H groups in total. The topological polar surface area (TPSA) is 26.3 Å². The molecule has 1 aromatic rings. The van der Waals surface area contributed by atoms with Gasteiger partial charge in [0.25, 0.3) is 0 Å². The van der Waals surface area contributed by atoms with Gasteiger partial charge >= 0.3 is 0 Å². The van der Waals surface area contributed by atoms with Gasteiger partial charge in [-0.2, -0.15) is 0 Å². The van der Waals surface area contributed by atoms with Gasteiger partial charge in [0.1, 0.15) is 5.75 Å². The largest absolute Gasteiger partial charge is 0.492 e. The average Bonchev–Trinajstić information content (AvgIpc) is 2.33. The lowest BCUT2D eigenvalue weighted by Gasteiger charge is -2.17. The Morgan fingerprint density at radius 2 is 2.00 bits per heavy atom. The van der Waals surface area contributed by atoms with Crippen LogP contribution in [-0.4, -0.2) is 12.4 Å². The maximum absolute atomic E-state index is 12.1. The molecule has 0 amide bonds. The molecule has 0 saturated heterocycles. The minimum Gasteiger partial charge on any atom is -0.492 e. The van der Waals surface area contributed by atoms with Crippen molar-refractivity contribution in [1.29, 1.82) is 0 Å². The second-order valence-electron chi connectivity index (χ2n) is 5.98. The third kappa shape index (κ3) is 5.77. The van der Waals surface area contributed by atoms with Gasteiger partial charge in [-0.15, -0.1) is 0 Å². The lowest BCUT2D eigenvalue weighted by molar-refractivity contribution is 0.0966. The fourth-order valence-electron chi connectivity index (χ4n) is 1.64. The first-order valence-corrected chi connectivity index (χ1v) is 7.58. The smallest absolute Gasteiger partial charge is 0.162 e. The Morgan fingerprint density at radius 3 is 2.53 bits per heavy atom. The molecule has 1 rings (SSSR count). The molecule has 0 aliphatic carbocycles. The van der Waals surface area contributed by atoms with E-state index in [0.717, 1.165) is 28.6 Å². The molecule has 2 nitrogen and oxygen atoms in total. The van der Waals surface area contributed by atoms with Gasteiger partial charge in [-0.05, 0) is 52.4 Å². The second-order valence-corrected chi connectivity index (χ2v) is 6.83. The SMILES string of the molecule is CCCOc1ccc(C(=O)CCC(C)(C)C)cc1Br. The number of carbonyl (C=O) groups excluding carboxylic acids is 1. The highest BCUT2D eigenvalue weighted by molar-refractivity contribution is 9.10. The van der Waals surface area contributed by atoms with Crippen molar-refractivity contribution in [3.05, 3.63) is 28.2 Å². The van der Waals surface area contributed by atoms with Crippen LogP contribution < -0.4 is 4.74 Å². The number of ketones is 1. The number of halogens is 1. The third-order valence-corrected chi connectivity index (χ3v) is 3.44. The molecule has 0 radical (unpaired) electrons. The first-order chi connectivity index (χ1) is 8.83. The Morgan fingerprint density at radius 1 is 1.32 bits per heavy atom. The van der Waals surface area contributed by atoms with Crippen LogP contribution in [0.15, 0.2) is 22.7 Å². The first kappa shape index (κ1) is 16.2.